The summed E-state index contributed by atoms with van der Waals surface area (Å²) in [7, 11) is 0. The Morgan fingerprint density at radius 1 is 1.10 bits per heavy atom. The van der Waals surface area contributed by atoms with Gasteiger partial charge in [-0.15, -0.1) is 0 Å². The Labute approximate surface area is 115 Å². The number of carboxylic acid groups (broad SMARTS) is 1. The second kappa shape index (κ2) is 5.79. The van der Waals surface area contributed by atoms with E-state index < -0.39 is 10.9 Å². The summed E-state index contributed by atoms with van der Waals surface area (Å²) in [6.07, 6.45) is 1.42. The number of non-ortho nitro benzene ring substituents is 1. The first-order valence-electron chi connectivity index (χ1n) is 5.83. The van der Waals surface area contributed by atoms with Crippen LogP contribution in [-0.4, -0.2) is 16.0 Å². The van der Waals surface area contributed by atoms with Crippen molar-refractivity contribution in [1.82, 2.24) is 0 Å². The van der Waals surface area contributed by atoms with E-state index >= 15 is 0 Å². The molecule has 0 fully saturated rings. The highest BCUT2D eigenvalue weighted by Gasteiger charge is 2.11. The smallest absolute Gasteiger partial charge is 0.336 e. The monoisotopic (exact) mass is 269 g/mol. The second-order valence-electron chi connectivity index (χ2n) is 4.08. The molecule has 0 bridgehead atoms. The molecule has 0 heterocycles. The first-order valence-corrected chi connectivity index (χ1v) is 5.83. The van der Waals surface area contributed by atoms with Crippen molar-refractivity contribution < 1.29 is 14.8 Å². The number of aliphatic carboxylic acids is 1. The van der Waals surface area contributed by atoms with E-state index in [-0.39, 0.29) is 11.3 Å². The van der Waals surface area contributed by atoms with Gasteiger partial charge in [-0.3, -0.25) is 10.1 Å². The molecule has 0 unspecified atom stereocenters. The van der Waals surface area contributed by atoms with Gasteiger partial charge in [0, 0.05) is 12.1 Å². The van der Waals surface area contributed by atoms with Crippen molar-refractivity contribution in [2.75, 3.05) is 0 Å². The van der Waals surface area contributed by atoms with Crippen LogP contribution in [0.5, 0.6) is 0 Å². The van der Waals surface area contributed by atoms with E-state index in [2.05, 4.69) is 0 Å². The summed E-state index contributed by atoms with van der Waals surface area (Å²) in [5.74, 6) is -1.08. The molecule has 2 aromatic rings. The molecule has 0 atom stereocenters. The van der Waals surface area contributed by atoms with Gasteiger partial charge in [-0.25, -0.2) is 4.79 Å². The average molecular weight is 269 g/mol. The second-order valence-corrected chi connectivity index (χ2v) is 4.08. The topological polar surface area (TPSA) is 80.4 Å². The van der Waals surface area contributed by atoms with Gasteiger partial charge in [0.1, 0.15) is 0 Å². The van der Waals surface area contributed by atoms with E-state index in [1.54, 1.807) is 36.4 Å². The van der Waals surface area contributed by atoms with Crippen LogP contribution in [0.3, 0.4) is 0 Å². The van der Waals surface area contributed by atoms with Crippen molar-refractivity contribution >= 4 is 23.3 Å². The maximum absolute atomic E-state index is 11.3. The zero-order valence-electron chi connectivity index (χ0n) is 10.4. The van der Waals surface area contributed by atoms with Gasteiger partial charge in [0.2, 0.25) is 0 Å². The van der Waals surface area contributed by atoms with E-state index in [1.165, 1.54) is 24.3 Å². The van der Waals surface area contributed by atoms with Crippen LogP contribution in [0.2, 0.25) is 0 Å². The maximum atomic E-state index is 11.3. The summed E-state index contributed by atoms with van der Waals surface area (Å²) in [6, 6.07) is 14.5. The van der Waals surface area contributed by atoms with Crippen molar-refractivity contribution in [2.24, 2.45) is 0 Å². The fourth-order valence-corrected chi connectivity index (χ4v) is 1.78. The largest absolute Gasteiger partial charge is 0.478 e. The summed E-state index contributed by atoms with van der Waals surface area (Å²) in [5.41, 5.74) is 1.04. The van der Waals surface area contributed by atoms with E-state index in [9.17, 15) is 20.0 Å². The molecule has 1 N–H and O–H groups in total. The molecule has 20 heavy (non-hydrogen) atoms. The zero-order chi connectivity index (χ0) is 14.5. The first-order chi connectivity index (χ1) is 9.58. The van der Waals surface area contributed by atoms with Crippen molar-refractivity contribution in [1.29, 1.82) is 0 Å². The van der Waals surface area contributed by atoms with Crippen molar-refractivity contribution in [3.63, 3.8) is 0 Å². The van der Waals surface area contributed by atoms with Gasteiger partial charge in [-0.05, 0) is 17.2 Å². The van der Waals surface area contributed by atoms with Crippen LogP contribution in [0, 0.1) is 10.1 Å². The van der Waals surface area contributed by atoms with Crippen LogP contribution in [0.1, 0.15) is 11.1 Å². The third-order valence-electron chi connectivity index (χ3n) is 2.71. The van der Waals surface area contributed by atoms with Gasteiger partial charge >= 0.3 is 5.97 Å². The Morgan fingerprint density at radius 2 is 1.80 bits per heavy atom. The molecular formula is C15H11NO4. The molecule has 0 saturated heterocycles. The molecule has 2 aromatic carbocycles. The molecule has 0 radical (unpaired) electrons. The summed E-state index contributed by atoms with van der Waals surface area (Å²) in [5, 5.41) is 20.0. The number of nitro groups is 1. The van der Waals surface area contributed by atoms with Crippen LogP contribution < -0.4 is 0 Å². The minimum Gasteiger partial charge on any atom is -0.478 e. The lowest BCUT2D eigenvalue weighted by Gasteiger charge is -2.03. The van der Waals surface area contributed by atoms with Crippen molar-refractivity contribution in [3.05, 3.63) is 75.8 Å². The summed E-state index contributed by atoms with van der Waals surface area (Å²) in [6.45, 7) is 0. The minimum atomic E-state index is -1.08. The Hall–Kier alpha value is -2.95. The van der Waals surface area contributed by atoms with E-state index in [1.807, 2.05) is 0 Å². The van der Waals surface area contributed by atoms with Gasteiger partial charge in [0.25, 0.3) is 5.69 Å². The number of hydrogen-bond acceptors (Lipinski definition) is 3. The molecule has 0 saturated carbocycles. The molecule has 0 amide bonds. The lowest BCUT2D eigenvalue weighted by Crippen LogP contribution is -1.99. The SMILES string of the molecule is O=C(O)/C(=C/c1cccc([N+](=O)[O-])c1)c1ccccc1. The normalized spacial score (nSPS) is 11.1. The number of nitro benzene ring substituents is 1. The molecular weight excluding hydrogens is 258 g/mol. The highest BCUT2D eigenvalue weighted by atomic mass is 16.6. The summed E-state index contributed by atoms with van der Waals surface area (Å²) >= 11 is 0. The number of hydrogen-bond donors (Lipinski definition) is 1. The highest BCUT2D eigenvalue weighted by Crippen LogP contribution is 2.21. The number of carbonyl (C=O) groups is 1. The van der Waals surface area contributed by atoms with Crippen LogP contribution >= 0.6 is 0 Å². The van der Waals surface area contributed by atoms with Crippen LogP contribution in [0.4, 0.5) is 5.69 Å². The van der Waals surface area contributed by atoms with Crippen LogP contribution in [-0.2, 0) is 4.79 Å². The van der Waals surface area contributed by atoms with Gasteiger partial charge in [0.05, 0.1) is 10.5 Å². The lowest BCUT2D eigenvalue weighted by atomic mass is 10.0. The molecule has 5 nitrogen and oxygen atoms in total. The quantitative estimate of drug-likeness (QED) is 0.400. The fraction of sp³-hybridized carbons (Fsp3) is 0. The van der Waals surface area contributed by atoms with Crippen molar-refractivity contribution in [3.8, 4) is 0 Å². The lowest BCUT2D eigenvalue weighted by molar-refractivity contribution is -0.384. The predicted molar refractivity (Wildman–Crippen MR) is 75.0 cm³/mol. The molecule has 0 aromatic heterocycles. The highest BCUT2D eigenvalue weighted by molar-refractivity contribution is 6.20. The van der Waals surface area contributed by atoms with Crippen LogP contribution in [0.15, 0.2) is 54.6 Å². The minimum absolute atomic E-state index is 0.0726. The Bertz CT molecular complexity index is 677. The summed E-state index contributed by atoms with van der Waals surface area (Å²) < 4.78 is 0. The van der Waals surface area contributed by atoms with Gasteiger partial charge in [-0.2, -0.15) is 0 Å². The Kier molecular flexibility index (Phi) is 3.91. The fourth-order valence-electron chi connectivity index (χ4n) is 1.78. The number of nitrogens with zero attached hydrogens (tertiary/aromatic N) is 1. The molecule has 5 heteroatoms. The molecule has 2 rings (SSSR count). The third-order valence-corrected chi connectivity index (χ3v) is 2.71. The van der Waals surface area contributed by atoms with Gasteiger partial charge < -0.3 is 5.11 Å². The average Bonchev–Trinajstić information content (AvgIpc) is 2.45. The third kappa shape index (κ3) is 3.08. The van der Waals surface area contributed by atoms with Gasteiger partial charge in [-0.1, -0.05) is 42.5 Å². The number of benzene rings is 2. The standard InChI is InChI=1S/C15H11NO4/c17-15(18)14(12-6-2-1-3-7-12)10-11-5-4-8-13(9-11)16(19)20/h1-10H,(H,17,18)/b14-10+. The Morgan fingerprint density at radius 3 is 2.40 bits per heavy atom. The van der Waals surface area contributed by atoms with Gasteiger partial charge in [0.15, 0.2) is 0 Å². The molecule has 0 aliphatic carbocycles. The van der Waals surface area contributed by atoms with E-state index in [0.29, 0.717) is 11.1 Å². The molecule has 100 valence electrons. The van der Waals surface area contributed by atoms with E-state index in [4.69, 9.17) is 0 Å². The van der Waals surface area contributed by atoms with Crippen molar-refractivity contribution in [2.45, 2.75) is 0 Å². The number of carboxylic acids is 1. The zero-order valence-corrected chi connectivity index (χ0v) is 10.4. The molecule has 0 aliphatic heterocycles. The van der Waals surface area contributed by atoms with Crippen LogP contribution in [0.25, 0.3) is 11.6 Å². The molecule has 0 spiro atoms. The Balaban J connectivity index is 2.47. The number of rotatable bonds is 4. The maximum Gasteiger partial charge on any atom is 0.336 e. The summed E-state index contributed by atoms with van der Waals surface area (Å²) in [4.78, 5) is 21.5. The van der Waals surface area contributed by atoms with E-state index in [0.717, 1.165) is 0 Å². The predicted octanol–water partition coefficient (Wildman–Crippen LogP) is 3.22. The first kappa shape index (κ1) is 13.5. The molecule has 0 aliphatic rings.